The van der Waals surface area contributed by atoms with Crippen LogP contribution in [0.15, 0.2) is 24.3 Å². The highest BCUT2D eigenvalue weighted by Gasteiger charge is 2.20. The second-order valence-electron chi connectivity index (χ2n) is 5.11. The summed E-state index contributed by atoms with van der Waals surface area (Å²) in [6.45, 7) is 2.67. The molecule has 0 radical (unpaired) electrons. The van der Waals surface area contributed by atoms with Crippen LogP contribution in [0.1, 0.15) is 25.7 Å². The Morgan fingerprint density at radius 2 is 1.90 bits per heavy atom. The second-order valence-corrected chi connectivity index (χ2v) is 5.11. The van der Waals surface area contributed by atoms with Crippen molar-refractivity contribution < 1.29 is 19.0 Å². The highest BCUT2D eigenvalue weighted by Crippen LogP contribution is 2.19. The van der Waals surface area contributed by atoms with E-state index in [2.05, 4.69) is 4.90 Å². The number of carboxylic acid groups (broad SMARTS) is 1. The van der Waals surface area contributed by atoms with Gasteiger partial charge in [-0.15, -0.1) is 12.4 Å². The molecule has 0 saturated carbocycles. The minimum Gasteiger partial charge on any atom is -0.490 e. The largest absolute Gasteiger partial charge is 0.490 e. The predicted molar refractivity (Wildman–Crippen MR) is 80.6 cm³/mol. The van der Waals surface area contributed by atoms with E-state index in [1.165, 1.54) is 12.1 Å². The van der Waals surface area contributed by atoms with Crippen LogP contribution in [0.5, 0.6) is 5.75 Å². The van der Waals surface area contributed by atoms with Crippen molar-refractivity contribution >= 4 is 18.4 Å². The van der Waals surface area contributed by atoms with Gasteiger partial charge in [-0.05, 0) is 50.1 Å². The number of rotatable bonds is 6. The fraction of sp³-hybridized carbons (Fsp3) is 0.533. The first-order chi connectivity index (χ1) is 9.63. The first kappa shape index (κ1) is 17.7. The molecule has 0 aromatic heterocycles. The zero-order valence-corrected chi connectivity index (χ0v) is 12.7. The molecule has 1 N–H and O–H groups in total. The van der Waals surface area contributed by atoms with Gasteiger partial charge in [0.1, 0.15) is 17.7 Å². The number of aliphatic carboxylic acids is 1. The number of hydrogen-bond donors (Lipinski definition) is 1. The number of carbonyl (C=O) groups is 1. The molecule has 1 aliphatic rings. The number of likely N-dealkylation sites (tertiary alicyclic amines) is 1. The van der Waals surface area contributed by atoms with Crippen LogP contribution in [-0.2, 0) is 4.79 Å². The summed E-state index contributed by atoms with van der Waals surface area (Å²) in [6.07, 6.45) is 2.93. The number of ether oxygens (including phenoxy) is 1. The quantitative estimate of drug-likeness (QED) is 0.876. The summed E-state index contributed by atoms with van der Waals surface area (Å²) in [5.74, 6) is -0.291. The van der Waals surface area contributed by atoms with E-state index in [1.54, 1.807) is 12.1 Å². The smallest absolute Gasteiger partial charge is 0.303 e. The lowest BCUT2D eigenvalue weighted by Gasteiger charge is -2.32. The van der Waals surface area contributed by atoms with Gasteiger partial charge in [-0.2, -0.15) is 0 Å². The van der Waals surface area contributed by atoms with E-state index in [1.807, 2.05) is 0 Å². The van der Waals surface area contributed by atoms with Crippen LogP contribution in [0, 0.1) is 5.82 Å². The SMILES string of the molecule is Cl.O=C(O)CCCN1CCC(Oc2ccc(F)cc2)CC1. The number of carboxylic acids is 1. The number of piperidine rings is 1. The Balaban J connectivity index is 0.00000220. The van der Waals surface area contributed by atoms with E-state index in [0.29, 0.717) is 12.2 Å². The molecule has 1 aromatic rings. The molecule has 21 heavy (non-hydrogen) atoms. The van der Waals surface area contributed by atoms with Gasteiger partial charge in [0.25, 0.3) is 0 Å². The van der Waals surface area contributed by atoms with Crippen LogP contribution in [-0.4, -0.2) is 41.7 Å². The highest BCUT2D eigenvalue weighted by molar-refractivity contribution is 5.85. The predicted octanol–water partition coefficient (Wildman–Crippen LogP) is 2.96. The van der Waals surface area contributed by atoms with Crippen molar-refractivity contribution in [1.29, 1.82) is 0 Å². The van der Waals surface area contributed by atoms with Gasteiger partial charge in [-0.1, -0.05) is 0 Å². The third-order valence-corrected chi connectivity index (χ3v) is 3.52. The number of halogens is 2. The van der Waals surface area contributed by atoms with E-state index in [-0.39, 0.29) is 30.7 Å². The molecule has 1 heterocycles. The van der Waals surface area contributed by atoms with Crippen molar-refractivity contribution in [2.45, 2.75) is 31.8 Å². The maximum Gasteiger partial charge on any atom is 0.303 e. The normalized spacial score (nSPS) is 16.2. The van der Waals surface area contributed by atoms with Gasteiger partial charge in [0, 0.05) is 19.5 Å². The van der Waals surface area contributed by atoms with Gasteiger partial charge in [0.05, 0.1) is 0 Å². The first-order valence-electron chi connectivity index (χ1n) is 7.00. The molecule has 1 saturated heterocycles. The van der Waals surface area contributed by atoms with Crippen LogP contribution in [0.4, 0.5) is 4.39 Å². The molecule has 1 fully saturated rings. The third kappa shape index (κ3) is 6.31. The van der Waals surface area contributed by atoms with Crippen molar-refractivity contribution in [2.75, 3.05) is 19.6 Å². The summed E-state index contributed by atoms with van der Waals surface area (Å²) in [6, 6.07) is 6.09. The molecular weight excluding hydrogens is 297 g/mol. The highest BCUT2D eigenvalue weighted by atomic mass is 35.5. The summed E-state index contributed by atoms with van der Waals surface area (Å²) in [5, 5.41) is 8.60. The van der Waals surface area contributed by atoms with Crippen molar-refractivity contribution in [3.63, 3.8) is 0 Å². The number of benzene rings is 1. The molecule has 2 rings (SSSR count). The van der Waals surface area contributed by atoms with E-state index < -0.39 is 5.97 Å². The van der Waals surface area contributed by atoms with Gasteiger partial charge in [-0.25, -0.2) is 4.39 Å². The summed E-state index contributed by atoms with van der Waals surface area (Å²) >= 11 is 0. The molecule has 6 heteroatoms. The average molecular weight is 318 g/mol. The van der Waals surface area contributed by atoms with Crippen LogP contribution in [0.25, 0.3) is 0 Å². The van der Waals surface area contributed by atoms with E-state index in [4.69, 9.17) is 9.84 Å². The maximum atomic E-state index is 12.8. The monoisotopic (exact) mass is 317 g/mol. The van der Waals surface area contributed by atoms with Crippen molar-refractivity contribution in [3.8, 4) is 5.75 Å². The molecule has 0 atom stereocenters. The first-order valence-corrected chi connectivity index (χ1v) is 7.00. The molecule has 0 unspecified atom stereocenters. The zero-order chi connectivity index (χ0) is 14.4. The van der Waals surface area contributed by atoms with Gasteiger partial charge in [0.2, 0.25) is 0 Å². The molecule has 1 aliphatic heterocycles. The lowest BCUT2D eigenvalue weighted by atomic mass is 10.1. The molecule has 0 amide bonds. The fourth-order valence-corrected chi connectivity index (χ4v) is 2.41. The van der Waals surface area contributed by atoms with Crippen LogP contribution in [0.3, 0.4) is 0 Å². The standard InChI is InChI=1S/C15H20FNO3.ClH/c16-12-3-5-13(6-4-12)20-14-7-10-17(11-8-14)9-1-2-15(18)19;/h3-6,14H,1-2,7-11H2,(H,18,19);1H. The molecular formula is C15H21ClFNO3. The Morgan fingerprint density at radius 1 is 1.29 bits per heavy atom. The van der Waals surface area contributed by atoms with E-state index >= 15 is 0 Å². The van der Waals surface area contributed by atoms with E-state index in [0.717, 1.165) is 32.5 Å². The van der Waals surface area contributed by atoms with Crippen molar-refractivity contribution in [3.05, 3.63) is 30.1 Å². The van der Waals surface area contributed by atoms with Crippen molar-refractivity contribution in [1.82, 2.24) is 4.90 Å². The lowest BCUT2D eigenvalue weighted by molar-refractivity contribution is -0.137. The summed E-state index contributed by atoms with van der Waals surface area (Å²) in [7, 11) is 0. The molecule has 0 spiro atoms. The van der Waals surface area contributed by atoms with E-state index in [9.17, 15) is 9.18 Å². The second kappa shape index (κ2) is 8.85. The average Bonchev–Trinajstić information content (AvgIpc) is 2.43. The minimum atomic E-state index is -0.737. The Bertz CT molecular complexity index is 433. The summed E-state index contributed by atoms with van der Waals surface area (Å²) < 4.78 is 18.6. The molecule has 118 valence electrons. The lowest BCUT2D eigenvalue weighted by Crippen LogP contribution is -2.38. The van der Waals surface area contributed by atoms with Gasteiger partial charge >= 0.3 is 5.97 Å². The van der Waals surface area contributed by atoms with Gasteiger partial charge in [-0.3, -0.25) is 4.79 Å². The summed E-state index contributed by atoms with van der Waals surface area (Å²) in [5.41, 5.74) is 0. The number of hydrogen-bond acceptors (Lipinski definition) is 3. The zero-order valence-electron chi connectivity index (χ0n) is 11.8. The van der Waals surface area contributed by atoms with Gasteiger partial charge in [0.15, 0.2) is 0 Å². The van der Waals surface area contributed by atoms with Crippen LogP contribution in [0.2, 0.25) is 0 Å². The Morgan fingerprint density at radius 3 is 2.48 bits per heavy atom. The molecule has 4 nitrogen and oxygen atoms in total. The molecule has 0 bridgehead atoms. The van der Waals surface area contributed by atoms with Gasteiger partial charge < -0.3 is 14.7 Å². The third-order valence-electron chi connectivity index (χ3n) is 3.52. The summed E-state index contributed by atoms with van der Waals surface area (Å²) in [4.78, 5) is 12.7. The minimum absolute atomic E-state index is 0. The Labute approximate surface area is 130 Å². The fourth-order valence-electron chi connectivity index (χ4n) is 2.41. The number of nitrogens with zero attached hydrogens (tertiary/aromatic N) is 1. The Kier molecular flexibility index (Phi) is 7.47. The topological polar surface area (TPSA) is 49.8 Å². The van der Waals surface area contributed by atoms with Crippen molar-refractivity contribution in [2.24, 2.45) is 0 Å². The maximum absolute atomic E-state index is 12.8. The Hall–Kier alpha value is -1.33. The van der Waals surface area contributed by atoms with Crippen LogP contribution >= 0.6 is 12.4 Å². The molecule has 0 aliphatic carbocycles. The molecule has 1 aromatic carbocycles. The van der Waals surface area contributed by atoms with Crippen LogP contribution < -0.4 is 4.74 Å².